The van der Waals surface area contributed by atoms with E-state index in [0.717, 1.165) is 6.07 Å². The van der Waals surface area contributed by atoms with Gasteiger partial charge in [0.2, 0.25) is 0 Å². The van der Waals surface area contributed by atoms with E-state index in [1.54, 1.807) is 0 Å². The molecule has 0 heterocycles. The largest absolute Gasteiger partial charge is 0.394 e. The quantitative estimate of drug-likeness (QED) is 0.743. The number of aliphatic hydroxyl groups is 1. The van der Waals surface area contributed by atoms with Crippen molar-refractivity contribution in [1.29, 1.82) is 0 Å². The van der Waals surface area contributed by atoms with Gasteiger partial charge in [-0.15, -0.1) is 0 Å². The Labute approximate surface area is 110 Å². The minimum Gasteiger partial charge on any atom is -0.394 e. The predicted octanol–water partition coefficient (Wildman–Crippen LogP) is 1.61. The van der Waals surface area contributed by atoms with E-state index in [9.17, 15) is 9.18 Å². The maximum absolute atomic E-state index is 13.1. The Morgan fingerprint density at radius 3 is 2.89 bits per heavy atom. The molecular formula is C12H15ClFNO3. The predicted molar refractivity (Wildman–Crippen MR) is 66.3 cm³/mol. The summed E-state index contributed by atoms with van der Waals surface area (Å²) >= 11 is 5.52. The highest BCUT2D eigenvalue weighted by Crippen LogP contribution is 2.15. The van der Waals surface area contributed by atoms with Crippen LogP contribution in [-0.2, 0) is 4.74 Å². The molecule has 100 valence electrons. The molecule has 0 saturated carbocycles. The maximum atomic E-state index is 13.1. The summed E-state index contributed by atoms with van der Waals surface area (Å²) in [5, 5.41) is 11.1. The van der Waals surface area contributed by atoms with Crippen LogP contribution in [0.25, 0.3) is 0 Å². The Hall–Kier alpha value is -1.17. The van der Waals surface area contributed by atoms with Crippen LogP contribution in [0.15, 0.2) is 18.2 Å². The van der Waals surface area contributed by atoms with Gasteiger partial charge in [-0.05, 0) is 24.6 Å². The Kier molecular flexibility index (Phi) is 6.64. The van der Waals surface area contributed by atoms with Gasteiger partial charge in [-0.2, -0.15) is 0 Å². The van der Waals surface area contributed by atoms with Crippen molar-refractivity contribution in [3.05, 3.63) is 34.6 Å². The second-order valence-corrected chi connectivity index (χ2v) is 3.98. The molecule has 0 saturated heterocycles. The number of nitrogens with one attached hydrogen (secondary N) is 1. The monoisotopic (exact) mass is 275 g/mol. The van der Waals surface area contributed by atoms with Crippen LogP contribution in [0.2, 0.25) is 5.02 Å². The number of rotatable bonds is 7. The normalized spacial score (nSPS) is 10.4. The molecule has 0 aliphatic carbocycles. The molecule has 0 aromatic heterocycles. The van der Waals surface area contributed by atoms with E-state index in [1.165, 1.54) is 12.1 Å². The van der Waals surface area contributed by atoms with Crippen LogP contribution in [0.3, 0.4) is 0 Å². The lowest BCUT2D eigenvalue weighted by atomic mass is 10.2. The number of carbonyl (C=O) groups excluding carboxylic acids is 1. The van der Waals surface area contributed by atoms with Crippen molar-refractivity contribution in [2.75, 3.05) is 26.4 Å². The summed E-state index contributed by atoms with van der Waals surface area (Å²) < 4.78 is 18.1. The minimum atomic E-state index is -0.615. The van der Waals surface area contributed by atoms with Crippen molar-refractivity contribution in [3.8, 4) is 0 Å². The van der Waals surface area contributed by atoms with E-state index in [4.69, 9.17) is 21.4 Å². The Balaban J connectivity index is 2.30. The summed E-state index contributed by atoms with van der Waals surface area (Å²) in [5.74, 6) is -0.969. The summed E-state index contributed by atoms with van der Waals surface area (Å²) in [6.07, 6.45) is 0.627. The zero-order valence-corrected chi connectivity index (χ0v) is 10.5. The van der Waals surface area contributed by atoms with Gasteiger partial charge in [0.1, 0.15) is 5.82 Å². The average molecular weight is 276 g/mol. The first-order valence-corrected chi connectivity index (χ1v) is 5.95. The van der Waals surface area contributed by atoms with E-state index < -0.39 is 5.82 Å². The van der Waals surface area contributed by atoms with Gasteiger partial charge in [-0.25, -0.2) is 4.39 Å². The zero-order valence-electron chi connectivity index (χ0n) is 9.79. The molecule has 1 rings (SSSR count). The van der Waals surface area contributed by atoms with E-state index in [-0.39, 0.29) is 29.7 Å². The molecule has 0 aliphatic heterocycles. The highest BCUT2D eigenvalue weighted by atomic mass is 35.5. The third-order valence-corrected chi connectivity index (χ3v) is 2.47. The van der Waals surface area contributed by atoms with Crippen LogP contribution in [0.4, 0.5) is 4.39 Å². The summed E-state index contributed by atoms with van der Waals surface area (Å²) in [6.45, 7) is 1.15. The summed E-state index contributed by atoms with van der Waals surface area (Å²) in [7, 11) is 0. The lowest BCUT2D eigenvalue weighted by molar-refractivity contribution is 0.0867. The molecule has 4 nitrogen and oxygen atoms in total. The van der Waals surface area contributed by atoms with Crippen molar-refractivity contribution in [2.24, 2.45) is 0 Å². The van der Waals surface area contributed by atoms with E-state index in [2.05, 4.69) is 5.32 Å². The minimum absolute atomic E-state index is 0.0102. The van der Waals surface area contributed by atoms with Gasteiger partial charge in [0, 0.05) is 18.7 Å². The molecule has 0 bridgehead atoms. The lowest BCUT2D eigenvalue weighted by Crippen LogP contribution is -2.25. The number of aliphatic hydroxyl groups excluding tert-OH is 1. The first-order chi connectivity index (χ1) is 8.65. The molecule has 18 heavy (non-hydrogen) atoms. The number of hydrogen-bond donors (Lipinski definition) is 2. The number of amides is 1. The molecule has 1 amide bonds. The Bertz CT molecular complexity index is 401. The number of halogens is 2. The van der Waals surface area contributed by atoms with Gasteiger partial charge in [0.05, 0.1) is 18.2 Å². The molecule has 1 aromatic rings. The van der Waals surface area contributed by atoms with Crippen LogP contribution >= 0.6 is 11.6 Å². The molecule has 0 spiro atoms. The second-order valence-electron chi connectivity index (χ2n) is 3.57. The fourth-order valence-corrected chi connectivity index (χ4v) is 1.40. The number of carbonyl (C=O) groups is 1. The third kappa shape index (κ3) is 5.00. The smallest absolute Gasteiger partial charge is 0.251 e. The van der Waals surface area contributed by atoms with Gasteiger partial charge >= 0.3 is 0 Å². The van der Waals surface area contributed by atoms with Gasteiger partial charge < -0.3 is 15.2 Å². The van der Waals surface area contributed by atoms with E-state index >= 15 is 0 Å². The van der Waals surface area contributed by atoms with Crippen LogP contribution in [-0.4, -0.2) is 37.4 Å². The fourth-order valence-electron chi connectivity index (χ4n) is 1.28. The number of benzene rings is 1. The second kappa shape index (κ2) is 8.02. The summed E-state index contributed by atoms with van der Waals surface area (Å²) in [5.41, 5.74) is 0.230. The molecule has 0 radical (unpaired) electrons. The van der Waals surface area contributed by atoms with Crippen LogP contribution in [0.5, 0.6) is 0 Å². The van der Waals surface area contributed by atoms with Crippen molar-refractivity contribution in [2.45, 2.75) is 6.42 Å². The van der Waals surface area contributed by atoms with Crippen molar-refractivity contribution >= 4 is 17.5 Å². The molecule has 0 unspecified atom stereocenters. The number of hydrogen-bond acceptors (Lipinski definition) is 3. The SMILES string of the molecule is O=C(NCCCOCCO)c1ccc(Cl)c(F)c1. The van der Waals surface area contributed by atoms with Gasteiger partial charge in [0.25, 0.3) is 5.91 Å². The third-order valence-electron chi connectivity index (χ3n) is 2.17. The molecule has 2 N–H and O–H groups in total. The topological polar surface area (TPSA) is 58.6 Å². The van der Waals surface area contributed by atoms with Crippen molar-refractivity contribution in [1.82, 2.24) is 5.32 Å². The maximum Gasteiger partial charge on any atom is 0.251 e. The fraction of sp³-hybridized carbons (Fsp3) is 0.417. The zero-order chi connectivity index (χ0) is 13.4. The van der Waals surface area contributed by atoms with E-state index in [1.807, 2.05) is 0 Å². The molecule has 1 aromatic carbocycles. The Morgan fingerprint density at radius 1 is 1.44 bits per heavy atom. The highest BCUT2D eigenvalue weighted by Gasteiger charge is 2.07. The van der Waals surface area contributed by atoms with E-state index in [0.29, 0.717) is 19.6 Å². The van der Waals surface area contributed by atoms with Crippen LogP contribution < -0.4 is 5.32 Å². The standard InChI is InChI=1S/C12H15ClFNO3/c13-10-3-2-9(8-11(10)14)12(17)15-4-1-6-18-7-5-16/h2-3,8,16H,1,4-7H2,(H,15,17). The van der Waals surface area contributed by atoms with Crippen LogP contribution in [0, 0.1) is 5.82 Å². The molecular weight excluding hydrogens is 261 g/mol. The molecule has 0 aliphatic rings. The van der Waals surface area contributed by atoms with Gasteiger partial charge in [-0.3, -0.25) is 4.79 Å². The molecule has 6 heteroatoms. The number of ether oxygens (including phenoxy) is 1. The van der Waals surface area contributed by atoms with Crippen molar-refractivity contribution < 1.29 is 19.0 Å². The average Bonchev–Trinajstić information content (AvgIpc) is 2.36. The molecule has 0 atom stereocenters. The molecule has 0 fully saturated rings. The van der Waals surface area contributed by atoms with Crippen LogP contribution in [0.1, 0.15) is 16.8 Å². The Morgan fingerprint density at radius 2 is 2.22 bits per heavy atom. The highest BCUT2D eigenvalue weighted by molar-refractivity contribution is 6.30. The lowest BCUT2D eigenvalue weighted by Gasteiger charge is -2.06. The first-order valence-electron chi connectivity index (χ1n) is 5.57. The van der Waals surface area contributed by atoms with Gasteiger partial charge in [0.15, 0.2) is 0 Å². The van der Waals surface area contributed by atoms with Crippen molar-refractivity contribution in [3.63, 3.8) is 0 Å². The van der Waals surface area contributed by atoms with Gasteiger partial charge in [-0.1, -0.05) is 11.6 Å². The summed E-state index contributed by atoms with van der Waals surface area (Å²) in [6, 6.07) is 3.90. The first kappa shape index (κ1) is 14.9. The summed E-state index contributed by atoms with van der Waals surface area (Å²) in [4.78, 5) is 11.6.